The summed E-state index contributed by atoms with van der Waals surface area (Å²) in [5.41, 5.74) is 2.22. The minimum Gasteiger partial charge on any atom is -0.480 e. The van der Waals surface area contributed by atoms with Crippen molar-refractivity contribution in [2.24, 2.45) is 11.8 Å². The van der Waals surface area contributed by atoms with E-state index in [1.54, 1.807) is 60.7 Å². The largest absolute Gasteiger partial charge is 0.480 e. The van der Waals surface area contributed by atoms with E-state index in [4.69, 9.17) is 4.74 Å². The average molecular weight is 595 g/mol. The summed E-state index contributed by atoms with van der Waals surface area (Å²) >= 11 is 0. The molecule has 0 aromatic heterocycles. The Morgan fingerprint density at radius 3 is 1.79 bits per heavy atom. The summed E-state index contributed by atoms with van der Waals surface area (Å²) in [5, 5.41) is 14.9. The summed E-state index contributed by atoms with van der Waals surface area (Å²) in [4.78, 5) is 49.5. The normalized spacial score (nSPS) is 14.7. The lowest BCUT2D eigenvalue weighted by Gasteiger charge is -2.28. The molecule has 3 unspecified atom stereocenters. The molecule has 3 aromatic rings. The van der Waals surface area contributed by atoms with Gasteiger partial charge >= 0.3 is 12.1 Å². The molecule has 0 heterocycles. The van der Waals surface area contributed by atoms with Crippen LogP contribution in [0.4, 0.5) is 4.79 Å². The van der Waals surface area contributed by atoms with Crippen LogP contribution in [0.5, 0.6) is 0 Å². The maximum absolute atomic E-state index is 13.9. The van der Waals surface area contributed by atoms with Crippen LogP contribution in [0, 0.1) is 11.8 Å². The van der Waals surface area contributed by atoms with Gasteiger partial charge in [-0.25, -0.2) is 9.59 Å². The zero-order valence-corrected chi connectivity index (χ0v) is 24.8. The number of alkyl carbamates (subject to hydrolysis) is 1. The average Bonchev–Trinajstić information content (AvgIpc) is 2.96. The lowest BCUT2D eigenvalue weighted by molar-refractivity contribution is -0.142. The zero-order chi connectivity index (χ0) is 30.5. The Morgan fingerprint density at radius 1 is 0.786 bits per heavy atom. The zero-order valence-electron chi connectivity index (χ0n) is 23.9. The van der Waals surface area contributed by atoms with Crippen molar-refractivity contribution in [2.45, 2.75) is 51.5 Å². The van der Waals surface area contributed by atoms with E-state index in [-0.39, 0.29) is 31.8 Å². The number of carbonyl (C=O) groups is 3. The van der Waals surface area contributed by atoms with Crippen molar-refractivity contribution in [2.75, 3.05) is 6.16 Å². The summed E-state index contributed by atoms with van der Waals surface area (Å²) in [7, 11) is -4.24. The third-order valence-electron chi connectivity index (χ3n) is 6.76. The second-order valence-electron chi connectivity index (χ2n) is 10.8. The van der Waals surface area contributed by atoms with E-state index in [0.29, 0.717) is 0 Å². The molecule has 0 aliphatic heterocycles. The minimum absolute atomic E-state index is 0.0170. The molecule has 0 saturated heterocycles. The number of hydrogen-bond acceptors (Lipinski definition) is 5. The van der Waals surface area contributed by atoms with E-state index >= 15 is 0 Å². The highest BCUT2D eigenvalue weighted by molar-refractivity contribution is 7.58. The predicted molar refractivity (Wildman–Crippen MR) is 161 cm³/mol. The van der Waals surface area contributed by atoms with Crippen LogP contribution in [0.1, 0.15) is 37.0 Å². The lowest BCUT2D eigenvalue weighted by Crippen LogP contribution is -2.46. The number of aliphatic carboxylic acids is 1. The maximum atomic E-state index is 13.9. The molecule has 0 saturated carbocycles. The van der Waals surface area contributed by atoms with Crippen LogP contribution < -0.4 is 10.6 Å². The molecule has 2 amide bonds. The number of ether oxygens (including phenoxy) is 1. The molecule has 42 heavy (non-hydrogen) atoms. The van der Waals surface area contributed by atoms with Crippen LogP contribution in [0.15, 0.2) is 91.0 Å². The molecule has 0 bridgehead atoms. The summed E-state index contributed by atoms with van der Waals surface area (Å²) in [6, 6.07) is 25.7. The Hall–Kier alpha value is -3.94. The van der Waals surface area contributed by atoms with Crippen molar-refractivity contribution in [1.29, 1.82) is 0 Å². The van der Waals surface area contributed by atoms with E-state index < -0.39 is 49.2 Å². The number of amides is 2. The van der Waals surface area contributed by atoms with Gasteiger partial charge in [-0.1, -0.05) is 105 Å². The number of benzene rings is 3. The quantitative estimate of drug-likeness (QED) is 0.177. The van der Waals surface area contributed by atoms with Gasteiger partial charge < -0.3 is 25.4 Å². The van der Waals surface area contributed by atoms with E-state index in [9.17, 15) is 28.9 Å². The first-order valence-electron chi connectivity index (χ1n) is 13.9. The Kier molecular flexibility index (Phi) is 12.3. The number of nitrogens with one attached hydrogen (secondary N) is 2. The summed E-state index contributed by atoms with van der Waals surface area (Å²) in [5.74, 6) is -4.03. The van der Waals surface area contributed by atoms with Crippen LogP contribution in [0.2, 0.25) is 0 Å². The highest BCUT2D eigenvalue weighted by atomic mass is 31.2. The fourth-order valence-electron chi connectivity index (χ4n) is 4.65. The standard InChI is InChI=1S/C32H39N2O7P/c1-23(2)18-27(30(35)33-28(31(36)37)19-24-12-6-3-7-13-24)22-42(39,40)29(20-25-14-8-4-9-15-25)34-32(38)41-21-26-16-10-5-11-17-26/h3-17,23,27-29H,18-22H2,1-2H3,(H,33,35)(H,34,38)(H,36,37)(H,39,40)/t27?,28-,29?/m0/s1. The van der Waals surface area contributed by atoms with E-state index in [1.165, 1.54) is 0 Å². The summed E-state index contributed by atoms with van der Waals surface area (Å²) in [6.45, 7) is 3.74. The topological polar surface area (TPSA) is 142 Å². The van der Waals surface area contributed by atoms with Gasteiger partial charge in [-0.3, -0.25) is 9.36 Å². The van der Waals surface area contributed by atoms with Gasteiger partial charge in [-0.15, -0.1) is 0 Å². The SMILES string of the molecule is CC(C)CC(CP(=O)(O)C(Cc1ccccc1)NC(=O)OCc1ccccc1)C(=O)N[C@@H](Cc1ccccc1)C(=O)O. The van der Waals surface area contributed by atoms with E-state index in [1.807, 2.05) is 44.2 Å². The molecule has 3 rings (SSSR count). The first-order chi connectivity index (χ1) is 20.0. The maximum Gasteiger partial charge on any atom is 0.408 e. The molecule has 224 valence electrons. The van der Waals surface area contributed by atoms with Crippen molar-refractivity contribution >= 4 is 25.3 Å². The number of carboxylic acids is 1. The highest BCUT2D eigenvalue weighted by Crippen LogP contribution is 2.49. The Morgan fingerprint density at radius 2 is 1.29 bits per heavy atom. The van der Waals surface area contributed by atoms with E-state index in [2.05, 4.69) is 10.6 Å². The van der Waals surface area contributed by atoms with Gasteiger partial charge in [0.2, 0.25) is 13.3 Å². The molecule has 0 spiro atoms. The summed E-state index contributed by atoms with van der Waals surface area (Å²) < 4.78 is 19.2. The first kappa shape index (κ1) is 32.6. The Bertz CT molecular complexity index is 1340. The number of carbonyl (C=O) groups excluding carboxylic acids is 2. The first-order valence-corrected chi connectivity index (χ1v) is 15.8. The van der Waals surface area contributed by atoms with Gasteiger partial charge in [0, 0.05) is 24.9 Å². The highest BCUT2D eigenvalue weighted by Gasteiger charge is 2.38. The summed E-state index contributed by atoms with van der Waals surface area (Å²) in [6.07, 6.45) is -0.932. The van der Waals surface area contributed by atoms with Crippen molar-refractivity contribution in [3.63, 3.8) is 0 Å². The van der Waals surface area contributed by atoms with Crippen molar-refractivity contribution in [1.82, 2.24) is 10.6 Å². The van der Waals surface area contributed by atoms with E-state index in [0.717, 1.165) is 16.7 Å². The third-order valence-corrected chi connectivity index (χ3v) is 9.01. The van der Waals surface area contributed by atoms with Crippen LogP contribution >= 0.6 is 7.37 Å². The molecule has 4 N–H and O–H groups in total. The molecule has 10 heteroatoms. The molecular formula is C32H39N2O7P. The second kappa shape index (κ2) is 15.9. The molecule has 9 nitrogen and oxygen atoms in total. The van der Waals surface area contributed by atoms with Gasteiger partial charge in [0.1, 0.15) is 18.4 Å². The number of carboxylic acid groups (broad SMARTS) is 1. The van der Waals surface area contributed by atoms with Crippen LogP contribution in [-0.2, 0) is 38.3 Å². The Balaban J connectivity index is 1.78. The lowest BCUT2D eigenvalue weighted by atomic mass is 9.97. The van der Waals surface area contributed by atoms with Gasteiger partial charge in [0.05, 0.1) is 0 Å². The fraction of sp³-hybridized carbons (Fsp3) is 0.344. The fourth-order valence-corrected chi connectivity index (χ4v) is 6.65. The van der Waals surface area contributed by atoms with Gasteiger partial charge in [0.15, 0.2) is 0 Å². The van der Waals surface area contributed by atoms with Crippen molar-refractivity contribution < 1.29 is 33.7 Å². The molecule has 0 aliphatic rings. The number of rotatable bonds is 15. The Labute approximate surface area is 246 Å². The molecule has 0 fully saturated rings. The molecular weight excluding hydrogens is 555 g/mol. The van der Waals surface area contributed by atoms with Crippen LogP contribution in [0.3, 0.4) is 0 Å². The third kappa shape index (κ3) is 10.8. The van der Waals surface area contributed by atoms with Crippen LogP contribution in [0.25, 0.3) is 0 Å². The van der Waals surface area contributed by atoms with Gasteiger partial charge in [-0.05, 0) is 29.0 Å². The molecule has 0 aliphatic carbocycles. The van der Waals surface area contributed by atoms with Gasteiger partial charge in [0.25, 0.3) is 0 Å². The minimum atomic E-state index is -4.24. The second-order valence-corrected chi connectivity index (χ2v) is 13.3. The smallest absolute Gasteiger partial charge is 0.408 e. The predicted octanol–water partition coefficient (Wildman–Crippen LogP) is 5.23. The molecule has 0 radical (unpaired) electrons. The van der Waals surface area contributed by atoms with Crippen LogP contribution in [-0.4, -0.2) is 46.0 Å². The molecule has 4 atom stereocenters. The van der Waals surface area contributed by atoms with Crippen molar-refractivity contribution in [3.05, 3.63) is 108 Å². The number of hydrogen-bond donors (Lipinski definition) is 4. The monoisotopic (exact) mass is 594 g/mol. The van der Waals surface area contributed by atoms with Gasteiger partial charge in [-0.2, -0.15) is 0 Å². The van der Waals surface area contributed by atoms with Crippen molar-refractivity contribution in [3.8, 4) is 0 Å². The molecule has 3 aromatic carbocycles.